The predicted molar refractivity (Wildman–Crippen MR) is 115 cm³/mol. The Balaban J connectivity index is 1.79. The average Bonchev–Trinajstić information content (AvgIpc) is 3.00. The third-order valence-corrected chi connectivity index (χ3v) is 5.76. The zero-order valence-corrected chi connectivity index (χ0v) is 17.3. The van der Waals surface area contributed by atoms with Crippen LogP contribution in [0.25, 0.3) is 11.2 Å². The summed E-state index contributed by atoms with van der Waals surface area (Å²) in [6.45, 7) is 3.88. The predicted octanol–water partition coefficient (Wildman–Crippen LogP) is 1.83. The summed E-state index contributed by atoms with van der Waals surface area (Å²) >= 11 is 0. The fourth-order valence-corrected chi connectivity index (χ4v) is 4.08. The second-order valence-corrected chi connectivity index (χ2v) is 7.74. The number of benzene rings is 1. The van der Waals surface area contributed by atoms with E-state index in [0.29, 0.717) is 30.8 Å². The molecule has 0 N–H and O–H groups in total. The molecule has 1 aliphatic rings. The summed E-state index contributed by atoms with van der Waals surface area (Å²) in [5.74, 6) is -0.177. The Hall–Kier alpha value is -3.16. The van der Waals surface area contributed by atoms with Gasteiger partial charge in [-0.1, -0.05) is 43.2 Å². The highest BCUT2D eigenvalue weighted by Crippen LogP contribution is 2.12. The van der Waals surface area contributed by atoms with Crippen molar-refractivity contribution in [2.24, 2.45) is 0 Å². The number of hydrogen-bond acceptors (Lipinski definition) is 4. The summed E-state index contributed by atoms with van der Waals surface area (Å²) in [6, 6.07) is 9.57. The third kappa shape index (κ3) is 3.81. The molecule has 8 nitrogen and oxygen atoms in total. The molecular formula is C22H27N5O3. The molecule has 3 aromatic rings. The molecule has 0 bridgehead atoms. The van der Waals surface area contributed by atoms with Crippen LogP contribution < -0.4 is 11.2 Å². The number of hydrogen-bond donors (Lipinski definition) is 0. The number of nitrogens with zero attached hydrogens (tertiary/aromatic N) is 5. The monoisotopic (exact) mass is 409 g/mol. The molecule has 1 amide bonds. The molecule has 2 aromatic heterocycles. The van der Waals surface area contributed by atoms with Gasteiger partial charge >= 0.3 is 5.69 Å². The van der Waals surface area contributed by atoms with Crippen molar-refractivity contribution in [2.45, 2.75) is 52.2 Å². The summed E-state index contributed by atoms with van der Waals surface area (Å²) in [7, 11) is 0. The maximum absolute atomic E-state index is 13.3. The van der Waals surface area contributed by atoms with Crippen molar-refractivity contribution < 1.29 is 4.79 Å². The average molecular weight is 409 g/mol. The number of fused-ring (bicyclic) bond motifs is 1. The molecular weight excluding hydrogens is 382 g/mol. The lowest BCUT2D eigenvalue weighted by atomic mass is 10.2. The lowest BCUT2D eigenvalue weighted by Crippen LogP contribution is -2.45. The van der Waals surface area contributed by atoms with Crippen LogP contribution >= 0.6 is 0 Å². The van der Waals surface area contributed by atoms with E-state index in [4.69, 9.17) is 0 Å². The van der Waals surface area contributed by atoms with E-state index in [1.165, 1.54) is 4.57 Å². The Labute approximate surface area is 174 Å². The van der Waals surface area contributed by atoms with Crippen molar-refractivity contribution in [3.05, 3.63) is 63.1 Å². The fraction of sp³-hybridized carbons (Fsp3) is 0.455. The summed E-state index contributed by atoms with van der Waals surface area (Å²) in [6.07, 6.45) is 5.71. The summed E-state index contributed by atoms with van der Waals surface area (Å²) in [5.41, 5.74) is 0.685. The number of likely N-dealkylation sites (tertiary alicyclic amines) is 1. The first-order valence-corrected chi connectivity index (χ1v) is 10.6. The molecule has 1 saturated heterocycles. The van der Waals surface area contributed by atoms with Crippen LogP contribution in [-0.4, -0.2) is 42.6 Å². The second kappa shape index (κ2) is 8.69. The largest absolute Gasteiger partial charge is 0.341 e. The maximum Gasteiger partial charge on any atom is 0.333 e. The highest BCUT2D eigenvalue weighted by atomic mass is 16.2. The number of rotatable bonds is 5. The van der Waals surface area contributed by atoms with Crippen molar-refractivity contribution >= 4 is 17.1 Å². The highest BCUT2D eigenvalue weighted by Gasteiger charge is 2.22. The molecule has 3 heterocycles. The zero-order valence-electron chi connectivity index (χ0n) is 17.3. The normalized spacial score (nSPS) is 14.8. The van der Waals surface area contributed by atoms with Gasteiger partial charge in [0.15, 0.2) is 11.2 Å². The van der Waals surface area contributed by atoms with Crippen molar-refractivity contribution in [3.8, 4) is 0 Å². The van der Waals surface area contributed by atoms with Gasteiger partial charge < -0.3 is 9.47 Å². The van der Waals surface area contributed by atoms with Gasteiger partial charge in [-0.3, -0.25) is 14.2 Å². The number of imidazole rings is 1. The Morgan fingerprint density at radius 3 is 2.37 bits per heavy atom. The number of aryl methyl sites for hydroxylation is 1. The first-order chi connectivity index (χ1) is 14.6. The van der Waals surface area contributed by atoms with Crippen LogP contribution in [0.5, 0.6) is 0 Å². The summed E-state index contributed by atoms with van der Waals surface area (Å²) in [4.78, 5) is 45.5. The van der Waals surface area contributed by atoms with Gasteiger partial charge in [-0.2, -0.15) is 0 Å². The highest BCUT2D eigenvalue weighted by molar-refractivity contribution is 5.77. The van der Waals surface area contributed by atoms with Crippen LogP contribution in [0.15, 0.2) is 46.2 Å². The van der Waals surface area contributed by atoms with Crippen molar-refractivity contribution in [1.82, 2.24) is 23.6 Å². The fourth-order valence-electron chi connectivity index (χ4n) is 4.08. The van der Waals surface area contributed by atoms with Crippen molar-refractivity contribution in [1.29, 1.82) is 0 Å². The zero-order chi connectivity index (χ0) is 21.1. The molecule has 30 heavy (non-hydrogen) atoms. The molecule has 0 spiro atoms. The van der Waals surface area contributed by atoms with Gasteiger partial charge in [0.1, 0.15) is 6.54 Å². The second-order valence-electron chi connectivity index (χ2n) is 7.74. The first-order valence-electron chi connectivity index (χ1n) is 10.6. The molecule has 4 rings (SSSR count). The van der Waals surface area contributed by atoms with E-state index in [0.717, 1.165) is 35.8 Å². The SMILES string of the molecule is CCn1cnc2c1c(=O)n(CC(=O)N1CCCCCC1)c(=O)n2Cc1ccccc1. The minimum absolute atomic E-state index is 0.177. The number of aromatic nitrogens is 4. The van der Waals surface area contributed by atoms with E-state index in [9.17, 15) is 14.4 Å². The van der Waals surface area contributed by atoms with Crippen LogP contribution in [0.3, 0.4) is 0 Å². The van der Waals surface area contributed by atoms with E-state index >= 15 is 0 Å². The van der Waals surface area contributed by atoms with Crippen molar-refractivity contribution in [2.75, 3.05) is 13.1 Å². The topological polar surface area (TPSA) is 82.1 Å². The van der Waals surface area contributed by atoms with Gasteiger partial charge in [-0.15, -0.1) is 0 Å². The van der Waals surface area contributed by atoms with E-state index in [2.05, 4.69) is 4.98 Å². The van der Waals surface area contributed by atoms with Crippen molar-refractivity contribution in [3.63, 3.8) is 0 Å². The van der Waals surface area contributed by atoms with E-state index < -0.39 is 11.2 Å². The molecule has 0 atom stereocenters. The van der Waals surface area contributed by atoms with Gasteiger partial charge in [0.05, 0.1) is 12.9 Å². The van der Waals surface area contributed by atoms with Crippen LogP contribution in [0.2, 0.25) is 0 Å². The Bertz CT molecular complexity index is 1150. The van der Waals surface area contributed by atoms with Gasteiger partial charge in [0.25, 0.3) is 5.56 Å². The number of carbonyl (C=O) groups excluding carboxylic acids is 1. The third-order valence-electron chi connectivity index (χ3n) is 5.76. The minimum atomic E-state index is -0.499. The quantitative estimate of drug-likeness (QED) is 0.644. The molecule has 0 aliphatic carbocycles. The van der Waals surface area contributed by atoms with E-state index in [1.807, 2.05) is 37.3 Å². The summed E-state index contributed by atoms with van der Waals surface area (Å²) < 4.78 is 4.30. The van der Waals surface area contributed by atoms with Gasteiger partial charge in [0.2, 0.25) is 5.91 Å². The smallest absolute Gasteiger partial charge is 0.333 e. The molecule has 158 valence electrons. The maximum atomic E-state index is 13.3. The lowest BCUT2D eigenvalue weighted by molar-refractivity contribution is -0.131. The standard InChI is InChI=1S/C22H27N5O3/c1-2-24-16-23-20-19(24)21(29)27(15-18(28)25-12-8-3-4-9-13-25)22(30)26(20)14-17-10-6-5-7-11-17/h5-7,10-11,16H,2-4,8-9,12-15H2,1H3. The molecule has 0 saturated carbocycles. The number of carbonyl (C=O) groups is 1. The molecule has 0 unspecified atom stereocenters. The van der Waals surface area contributed by atoms with Gasteiger partial charge in [-0.25, -0.2) is 14.3 Å². The van der Waals surface area contributed by atoms with E-state index in [-0.39, 0.29) is 19.0 Å². The van der Waals surface area contributed by atoms with E-state index in [1.54, 1.807) is 15.8 Å². The molecule has 1 aromatic carbocycles. The summed E-state index contributed by atoms with van der Waals surface area (Å²) in [5, 5.41) is 0. The van der Waals surface area contributed by atoms with Crippen LogP contribution in [0.1, 0.15) is 38.2 Å². The van der Waals surface area contributed by atoms with Crippen LogP contribution in [-0.2, 0) is 24.4 Å². The molecule has 1 aliphatic heterocycles. The molecule has 1 fully saturated rings. The Kier molecular flexibility index (Phi) is 5.83. The number of amides is 1. The van der Waals surface area contributed by atoms with Crippen LogP contribution in [0, 0.1) is 0 Å². The first kappa shape index (κ1) is 20.1. The Morgan fingerprint density at radius 2 is 1.70 bits per heavy atom. The Morgan fingerprint density at radius 1 is 1.00 bits per heavy atom. The lowest BCUT2D eigenvalue weighted by Gasteiger charge is -2.21. The molecule has 8 heteroatoms. The van der Waals surface area contributed by atoms with Crippen LogP contribution in [0.4, 0.5) is 0 Å². The minimum Gasteiger partial charge on any atom is -0.341 e. The molecule has 0 radical (unpaired) electrons. The van der Waals surface area contributed by atoms with Gasteiger partial charge in [-0.05, 0) is 25.3 Å². The van der Waals surface area contributed by atoms with Gasteiger partial charge in [0, 0.05) is 19.6 Å².